The molecule has 0 unspecified atom stereocenters. The number of aryl methyl sites for hydroxylation is 1. The standard InChI is InChI=1S/C11H14N4O2/c1-4-17-11(16)9-6-13-10-8(12-3)5-7(2)14-15(9)10/h5-6,12H,4H2,1-3H3. The molecule has 2 rings (SSSR count). The van der Waals surface area contributed by atoms with Crippen molar-refractivity contribution in [3.05, 3.63) is 23.7 Å². The van der Waals surface area contributed by atoms with E-state index >= 15 is 0 Å². The van der Waals surface area contributed by atoms with E-state index in [0.717, 1.165) is 11.4 Å². The largest absolute Gasteiger partial charge is 0.461 e. The van der Waals surface area contributed by atoms with E-state index in [0.29, 0.717) is 17.9 Å². The van der Waals surface area contributed by atoms with E-state index in [1.54, 1.807) is 14.0 Å². The molecule has 0 saturated heterocycles. The van der Waals surface area contributed by atoms with Crippen LogP contribution in [0.3, 0.4) is 0 Å². The minimum Gasteiger partial charge on any atom is -0.461 e. The predicted molar refractivity (Wildman–Crippen MR) is 63.2 cm³/mol. The van der Waals surface area contributed by atoms with Crippen molar-refractivity contribution in [3.63, 3.8) is 0 Å². The number of carbonyl (C=O) groups is 1. The number of carbonyl (C=O) groups excluding carboxylic acids is 1. The van der Waals surface area contributed by atoms with Crippen molar-refractivity contribution in [1.29, 1.82) is 0 Å². The van der Waals surface area contributed by atoms with Crippen LogP contribution < -0.4 is 5.32 Å². The third kappa shape index (κ3) is 1.93. The number of hydrogen-bond acceptors (Lipinski definition) is 5. The van der Waals surface area contributed by atoms with Gasteiger partial charge in [0.1, 0.15) is 0 Å². The molecule has 0 aliphatic heterocycles. The number of anilines is 1. The van der Waals surface area contributed by atoms with Gasteiger partial charge in [-0.05, 0) is 19.9 Å². The minimum atomic E-state index is -0.417. The Morgan fingerprint density at radius 1 is 1.59 bits per heavy atom. The SMILES string of the molecule is CCOC(=O)c1cnc2c(NC)cc(C)nn12. The molecule has 17 heavy (non-hydrogen) atoms. The molecule has 0 fully saturated rings. The van der Waals surface area contributed by atoms with Crippen LogP contribution in [-0.2, 0) is 4.74 Å². The van der Waals surface area contributed by atoms with Crippen molar-refractivity contribution in [2.24, 2.45) is 0 Å². The second-order valence-electron chi connectivity index (χ2n) is 3.55. The maximum atomic E-state index is 11.7. The van der Waals surface area contributed by atoms with Crippen LogP contribution in [0.5, 0.6) is 0 Å². The molecule has 0 amide bonds. The normalized spacial score (nSPS) is 10.5. The van der Waals surface area contributed by atoms with Gasteiger partial charge in [0.2, 0.25) is 0 Å². The lowest BCUT2D eigenvalue weighted by Gasteiger charge is -2.05. The lowest BCUT2D eigenvalue weighted by molar-refractivity contribution is 0.0516. The summed E-state index contributed by atoms with van der Waals surface area (Å²) in [6.45, 7) is 3.95. The molecule has 0 spiro atoms. The van der Waals surface area contributed by atoms with E-state index in [2.05, 4.69) is 15.4 Å². The molecule has 6 nitrogen and oxygen atoms in total. The number of fused-ring (bicyclic) bond motifs is 1. The smallest absolute Gasteiger partial charge is 0.358 e. The molecule has 0 aliphatic rings. The van der Waals surface area contributed by atoms with Crippen LogP contribution >= 0.6 is 0 Å². The highest BCUT2D eigenvalue weighted by atomic mass is 16.5. The van der Waals surface area contributed by atoms with Crippen LogP contribution in [0.15, 0.2) is 12.3 Å². The number of nitrogens with one attached hydrogen (secondary N) is 1. The monoisotopic (exact) mass is 234 g/mol. The van der Waals surface area contributed by atoms with Crippen molar-refractivity contribution in [2.45, 2.75) is 13.8 Å². The van der Waals surface area contributed by atoms with Crippen LogP contribution in [0.1, 0.15) is 23.1 Å². The summed E-state index contributed by atoms with van der Waals surface area (Å²) in [5.74, 6) is -0.417. The fraction of sp³-hybridized carbons (Fsp3) is 0.364. The van der Waals surface area contributed by atoms with Gasteiger partial charge in [0.15, 0.2) is 11.3 Å². The fourth-order valence-electron chi connectivity index (χ4n) is 1.62. The van der Waals surface area contributed by atoms with Gasteiger partial charge in [-0.1, -0.05) is 0 Å². The molecule has 0 radical (unpaired) electrons. The Morgan fingerprint density at radius 2 is 2.35 bits per heavy atom. The molecule has 2 heterocycles. The van der Waals surface area contributed by atoms with E-state index in [1.165, 1.54) is 10.7 Å². The lowest BCUT2D eigenvalue weighted by Crippen LogP contribution is -2.10. The second-order valence-corrected chi connectivity index (χ2v) is 3.55. The average molecular weight is 234 g/mol. The number of aromatic nitrogens is 3. The molecule has 0 aromatic carbocycles. The number of hydrogen-bond donors (Lipinski definition) is 1. The second kappa shape index (κ2) is 4.40. The van der Waals surface area contributed by atoms with Crippen LogP contribution in [0.25, 0.3) is 5.65 Å². The summed E-state index contributed by atoms with van der Waals surface area (Å²) in [5.41, 5.74) is 2.57. The van der Waals surface area contributed by atoms with Gasteiger partial charge in [-0.25, -0.2) is 14.3 Å². The van der Waals surface area contributed by atoms with Gasteiger partial charge < -0.3 is 10.1 Å². The summed E-state index contributed by atoms with van der Waals surface area (Å²) in [6, 6.07) is 1.87. The topological polar surface area (TPSA) is 68.5 Å². The summed E-state index contributed by atoms with van der Waals surface area (Å²) < 4.78 is 6.45. The van der Waals surface area contributed by atoms with E-state index in [9.17, 15) is 4.79 Å². The van der Waals surface area contributed by atoms with Gasteiger partial charge >= 0.3 is 5.97 Å². The molecule has 2 aromatic rings. The molecule has 1 N–H and O–H groups in total. The van der Waals surface area contributed by atoms with Crippen LogP contribution in [0.2, 0.25) is 0 Å². The fourth-order valence-corrected chi connectivity index (χ4v) is 1.62. The Hall–Kier alpha value is -2.11. The zero-order valence-corrected chi connectivity index (χ0v) is 10.0. The average Bonchev–Trinajstić information content (AvgIpc) is 2.71. The summed E-state index contributed by atoms with van der Waals surface area (Å²) in [5, 5.41) is 7.28. The Morgan fingerprint density at radius 3 is 3.00 bits per heavy atom. The van der Waals surface area contributed by atoms with Crippen LogP contribution in [0, 0.1) is 6.92 Å². The first-order chi connectivity index (χ1) is 8.17. The van der Waals surface area contributed by atoms with Crippen molar-refractivity contribution < 1.29 is 9.53 Å². The third-order valence-electron chi connectivity index (χ3n) is 2.34. The maximum absolute atomic E-state index is 11.7. The highest BCUT2D eigenvalue weighted by molar-refractivity contribution is 5.89. The molecule has 0 saturated carbocycles. The van der Waals surface area contributed by atoms with Gasteiger partial charge in [-0.3, -0.25) is 0 Å². The number of esters is 1. The van der Waals surface area contributed by atoms with Crippen molar-refractivity contribution in [3.8, 4) is 0 Å². The summed E-state index contributed by atoms with van der Waals surface area (Å²) in [4.78, 5) is 15.9. The maximum Gasteiger partial charge on any atom is 0.358 e. The zero-order chi connectivity index (χ0) is 12.4. The number of imidazole rings is 1. The van der Waals surface area contributed by atoms with E-state index in [4.69, 9.17) is 4.74 Å². The molecule has 0 bridgehead atoms. The number of rotatable bonds is 3. The predicted octanol–water partition coefficient (Wildman–Crippen LogP) is 1.26. The Labute approximate surface area is 98.6 Å². The first-order valence-corrected chi connectivity index (χ1v) is 5.37. The molecule has 0 atom stereocenters. The highest BCUT2D eigenvalue weighted by Gasteiger charge is 2.16. The van der Waals surface area contributed by atoms with Crippen molar-refractivity contribution in [2.75, 3.05) is 19.0 Å². The highest BCUT2D eigenvalue weighted by Crippen LogP contribution is 2.17. The van der Waals surface area contributed by atoms with Crippen LogP contribution in [-0.4, -0.2) is 34.2 Å². The first-order valence-electron chi connectivity index (χ1n) is 5.37. The van der Waals surface area contributed by atoms with E-state index in [-0.39, 0.29) is 0 Å². The Bertz CT molecular complexity index is 562. The molecule has 6 heteroatoms. The zero-order valence-electron chi connectivity index (χ0n) is 10.0. The molecule has 2 aromatic heterocycles. The number of nitrogens with zero attached hydrogens (tertiary/aromatic N) is 3. The molecule has 0 aliphatic carbocycles. The molecular weight excluding hydrogens is 220 g/mol. The summed E-state index contributed by atoms with van der Waals surface area (Å²) >= 11 is 0. The van der Waals surface area contributed by atoms with E-state index < -0.39 is 5.97 Å². The summed E-state index contributed by atoms with van der Waals surface area (Å²) in [6.07, 6.45) is 1.47. The molecule has 90 valence electrons. The Kier molecular flexibility index (Phi) is 2.95. The van der Waals surface area contributed by atoms with Gasteiger partial charge in [-0.15, -0.1) is 0 Å². The third-order valence-corrected chi connectivity index (χ3v) is 2.34. The number of ether oxygens (including phenoxy) is 1. The van der Waals surface area contributed by atoms with Gasteiger partial charge in [0.05, 0.1) is 24.2 Å². The van der Waals surface area contributed by atoms with E-state index in [1.807, 2.05) is 13.0 Å². The first kappa shape index (κ1) is 11.4. The molecular formula is C11H14N4O2. The lowest BCUT2D eigenvalue weighted by atomic mass is 10.3. The minimum absolute atomic E-state index is 0.330. The van der Waals surface area contributed by atoms with Crippen molar-refractivity contribution in [1.82, 2.24) is 14.6 Å². The van der Waals surface area contributed by atoms with Gasteiger partial charge in [0.25, 0.3) is 0 Å². The quantitative estimate of drug-likeness (QED) is 0.809. The van der Waals surface area contributed by atoms with Crippen LogP contribution in [0.4, 0.5) is 5.69 Å². The van der Waals surface area contributed by atoms with Gasteiger partial charge in [0, 0.05) is 7.05 Å². The summed E-state index contributed by atoms with van der Waals surface area (Å²) in [7, 11) is 1.80. The Balaban J connectivity index is 2.60. The van der Waals surface area contributed by atoms with Crippen molar-refractivity contribution >= 4 is 17.3 Å². The van der Waals surface area contributed by atoms with Gasteiger partial charge in [-0.2, -0.15) is 5.10 Å².